The molecule has 0 aromatic rings. The lowest BCUT2D eigenvalue weighted by Gasteiger charge is -2.27. The Morgan fingerprint density at radius 2 is 1.58 bits per heavy atom. The zero-order valence-electron chi connectivity index (χ0n) is 7.78. The zero-order valence-corrected chi connectivity index (χ0v) is 8.60. The van der Waals surface area contributed by atoms with Gasteiger partial charge in [0.05, 0.1) is 5.25 Å². The van der Waals surface area contributed by atoms with Gasteiger partial charge < -0.3 is 0 Å². The van der Waals surface area contributed by atoms with Crippen molar-refractivity contribution >= 4 is 10.0 Å². The molecule has 1 fully saturated rings. The van der Waals surface area contributed by atoms with E-state index in [1.54, 1.807) is 18.2 Å². The molecule has 0 radical (unpaired) electrons. The third kappa shape index (κ3) is 1.98. The lowest BCUT2D eigenvalue weighted by atomic mass is 10.2. The van der Waals surface area contributed by atoms with Gasteiger partial charge in [0.25, 0.3) is 0 Å². The van der Waals surface area contributed by atoms with E-state index < -0.39 is 10.0 Å². The number of nitrogens with zero attached hydrogens (tertiary/aromatic N) is 1. The SMILES string of the molecule is CC(C)S(=O)(=O)N1CCCCC1. The molecule has 0 bridgehead atoms. The Morgan fingerprint density at radius 3 is 2.00 bits per heavy atom. The van der Waals surface area contributed by atoms with E-state index in [1.807, 2.05) is 0 Å². The molecular formula is C8H17NO2S. The van der Waals surface area contributed by atoms with E-state index in [1.165, 1.54) is 6.42 Å². The molecule has 1 aliphatic rings. The Hall–Kier alpha value is -0.0900. The molecule has 0 aromatic carbocycles. The van der Waals surface area contributed by atoms with Crippen LogP contribution >= 0.6 is 0 Å². The van der Waals surface area contributed by atoms with Crippen molar-refractivity contribution in [2.75, 3.05) is 13.1 Å². The van der Waals surface area contributed by atoms with Crippen molar-refractivity contribution in [2.45, 2.75) is 38.4 Å². The van der Waals surface area contributed by atoms with Crippen molar-refractivity contribution in [1.29, 1.82) is 0 Å². The zero-order chi connectivity index (χ0) is 9.19. The van der Waals surface area contributed by atoms with Crippen LogP contribution in [0.2, 0.25) is 0 Å². The van der Waals surface area contributed by atoms with E-state index in [9.17, 15) is 8.42 Å². The third-order valence-corrected chi connectivity index (χ3v) is 4.55. The Labute approximate surface area is 74.8 Å². The van der Waals surface area contributed by atoms with E-state index in [4.69, 9.17) is 0 Å². The second-order valence-corrected chi connectivity index (χ2v) is 6.04. The summed E-state index contributed by atoms with van der Waals surface area (Å²) in [5.41, 5.74) is 0. The minimum atomic E-state index is -2.97. The van der Waals surface area contributed by atoms with Crippen LogP contribution in [0.4, 0.5) is 0 Å². The Kier molecular flexibility index (Phi) is 3.12. The molecule has 0 aromatic heterocycles. The molecule has 3 nitrogen and oxygen atoms in total. The van der Waals surface area contributed by atoms with Crippen LogP contribution in [-0.4, -0.2) is 31.1 Å². The first-order valence-electron chi connectivity index (χ1n) is 4.54. The predicted octanol–water partition coefficient (Wildman–Crippen LogP) is 1.21. The van der Waals surface area contributed by atoms with Gasteiger partial charge in [0.2, 0.25) is 10.0 Å². The molecule has 0 N–H and O–H groups in total. The van der Waals surface area contributed by atoms with E-state index in [2.05, 4.69) is 0 Å². The maximum Gasteiger partial charge on any atom is 0.216 e. The summed E-state index contributed by atoms with van der Waals surface area (Å²) in [6, 6.07) is 0. The largest absolute Gasteiger partial charge is 0.216 e. The molecule has 0 spiro atoms. The van der Waals surface area contributed by atoms with E-state index >= 15 is 0 Å². The van der Waals surface area contributed by atoms with Gasteiger partial charge in [0, 0.05) is 13.1 Å². The highest BCUT2D eigenvalue weighted by Gasteiger charge is 2.26. The summed E-state index contributed by atoms with van der Waals surface area (Å²) in [4.78, 5) is 0. The molecule has 0 saturated carbocycles. The number of piperidine rings is 1. The minimum absolute atomic E-state index is 0.268. The summed E-state index contributed by atoms with van der Waals surface area (Å²) >= 11 is 0. The highest BCUT2D eigenvalue weighted by molar-refractivity contribution is 7.89. The van der Waals surface area contributed by atoms with Crippen molar-refractivity contribution in [3.05, 3.63) is 0 Å². The van der Waals surface area contributed by atoms with Crippen LogP contribution in [0, 0.1) is 0 Å². The fourth-order valence-electron chi connectivity index (χ4n) is 1.42. The fraction of sp³-hybridized carbons (Fsp3) is 1.00. The number of sulfonamides is 1. The molecule has 12 heavy (non-hydrogen) atoms. The lowest BCUT2D eigenvalue weighted by Crippen LogP contribution is -2.39. The van der Waals surface area contributed by atoms with Crippen LogP contribution in [0.25, 0.3) is 0 Å². The fourth-order valence-corrected chi connectivity index (χ4v) is 2.78. The first kappa shape index (κ1) is 9.99. The van der Waals surface area contributed by atoms with Crippen LogP contribution < -0.4 is 0 Å². The van der Waals surface area contributed by atoms with Crippen molar-refractivity contribution in [1.82, 2.24) is 4.31 Å². The topological polar surface area (TPSA) is 37.4 Å². The highest BCUT2D eigenvalue weighted by atomic mass is 32.2. The van der Waals surface area contributed by atoms with E-state index in [0.29, 0.717) is 0 Å². The molecule has 1 rings (SSSR count). The van der Waals surface area contributed by atoms with Gasteiger partial charge in [0.1, 0.15) is 0 Å². The Bertz CT molecular complexity index is 227. The van der Waals surface area contributed by atoms with Crippen LogP contribution in [0.15, 0.2) is 0 Å². The molecule has 4 heteroatoms. The van der Waals surface area contributed by atoms with E-state index in [-0.39, 0.29) is 5.25 Å². The van der Waals surface area contributed by atoms with Gasteiger partial charge in [-0.05, 0) is 26.7 Å². The predicted molar refractivity (Wildman–Crippen MR) is 49.5 cm³/mol. The van der Waals surface area contributed by atoms with Gasteiger partial charge in [-0.25, -0.2) is 12.7 Å². The smallest absolute Gasteiger partial charge is 0.212 e. The number of hydrogen-bond acceptors (Lipinski definition) is 2. The maximum atomic E-state index is 11.6. The molecule has 0 aliphatic carbocycles. The standard InChI is InChI=1S/C8H17NO2S/c1-8(2)12(10,11)9-6-4-3-5-7-9/h8H,3-7H2,1-2H3. The number of hydrogen-bond donors (Lipinski definition) is 0. The molecule has 1 saturated heterocycles. The quantitative estimate of drug-likeness (QED) is 0.658. The molecule has 0 atom stereocenters. The van der Waals surface area contributed by atoms with E-state index in [0.717, 1.165) is 25.9 Å². The molecular weight excluding hydrogens is 174 g/mol. The van der Waals surface area contributed by atoms with Crippen LogP contribution in [0.1, 0.15) is 33.1 Å². The summed E-state index contributed by atoms with van der Waals surface area (Å²) in [7, 11) is -2.97. The van der Waals surface area contributed by atoms with Crippen LogP contribution in [-0.2, 0) is 10.0 Å². The van der Waals surface area contributed by atoms with Crippen molar-refractivity contribution in [3.63, 3.8) is 0 Å². The second kappa shape index (κ2) is 3.75. The third-order valence-electron chi connectivity index (χ3n) is 2.27. The maximum absolute atomic E-state index is 11.6. The van der Waals surface area contributed by atoms with Crippen molar-refractivity contribution in [3.8, 4) is 0 Å². The first-order valence-corrected chi connectivity index (χ1v) is 6.04. The monoisotopic (exact) mass is 191 g/mol. The average molecular weight is 191 g/mol. The van der Waals surface area contributed by atoms with Crippen LogP contribution in [0.5, 0.6) is 0 Å². The summed E-state index contributed by atoms with van der Waals surface area (Å²) in [5, 5.41) is -0.268. The molecule has 1 heterocycles. The van der Waals surface area contributed by atoms with Gasteiger partial charge in [-0.15, -0.1) is 0 Å². The van der Waals surface area contributed by atoms with Crippen molar-refractivity contribution < 1.29 is 8.42 Å². The summed E-state index contributed by atoms with van der Waals surface area (Å²) in [6.45, 7) is 4.93. The minimum Gasteiger partial charge on any atom is -0.212 e. The van der Waals surface area contributed by atoms with Gasteiger partial charge in [-0.3, -0.25) is 0 Å². The van der Waals surface area contributed by atoms with Gasteiger partial charge >= 0.3 is 0 Å². The van der Waals surface area contributed by atoms with Gasteiger partial charge in [-0.2, -0.15) is 0 Å². The summed E-state index contributed by atoms with van der Waals surface area (Å²) in [6.07, 6.45) is 3.21. The number of rotatable bonds is 2. The van der Waals surface area contributed by atoms with Gasteiger partial charge in [0.15, 0.2) is 0 Å². The van der Waals surface area contributed by atoms with Crippen molar-refractivity contribution in [2.24, 2.45) is 0 Å². The second-order valence-electron chi connectivity index (χ2n) is 3.55. The Morgan fingerprint density at radius 1 is 1.08 bits per heavy atom. The normalized spacial score (nSPS) is 21.6. The molecule has 0 unspecified atom stereocenters. The Balaban J connectivity index is 2.67. The molecule has 72 valence electrons. The van der Waals surface area contributed by atoms with Crippen LogP contribution in [0.3, 0.4) is 0 Å². The van der Waals surface area contributed by atoms with Gasteiger partial charge in [-0.1, -0.05) is 6.42 Å². The average Bonchev–Trinajstić information content (AvgIpc) is 2.06. The molecule has 1 aliphatic heterocycles. The highest BCUT2D eigenvalue weighted by Crippen LogP contribution is 2.15. The lowest BCUT2D eigenvalue weighted by molar-refractivity contribution is 0.344. The first-order chi connectivity index (χ1) is 5.55. The summed E-state index contributed by atoms with van der Waals surface area (Å²) in [5.74, 6) is 0. The summed E-state index contributed by atoms with van der Waals surface area (Å²) < 4.78 is 24.8. The molecule has 0 amide bonds.